The van der Waals surface area contributed by atoms with Gasteiger partial charge in [-0.25, -0.2) is 12.8 Å². The van der Waals surface area contributed by atoms with Crippen molar-refractivity contribution in [2.45, 2.75) is 44.2 Å². The first-order chi connectivity index (χ1) is 9.26. The number of hydrogen-bond donors (Lipinski definition) is 2. The van der Waals surface area contributed by atoms with E-state index >= 15 is 0 Å². The summed E-state index contributed by atoms with van der Waals surface area (Å²) in [6.45, 7) is 5.20. The largest absolute Gasteiger partial charge is 0.352 e. The first kappa shape index (κ1) is 16.6. The Morgan fingerprint density at radius 1 is 1.25 bits per heavy atom. The van der Waals surface area contributed by atoms with Crippen LogP contribution < -0.4 is 10.0 Å². The number of carbonyl (C=O) groups is 1. The Kier molecular flexibility index (Phi) is 5.64. The predicted molar refractivity (Wildman–Crippen MR) is 74.1 cm³/mol. The van der Waals surface area contributed by atoms with Crippen LogP contribution >= 0.6 is 0 Å². The number of sulfonamides is 1. The summed E-state index contributed by atoms with van der Waals surface area (Å²) in [5.41, 5.74) is 0. The van der Waals surface area contributed by atoms with E-state index < -0.39 is 27.8 Å². The quantitative estimate of drug-likeness (QED) is 0.834. The van der Waals surface area contributed by atoms with E-state index in [2.05, 4.69) is 10.0 Å². The van der Waals surface area contributed by atoms with Gasteiger partial charge in [-0.1, -0.05) is 6.92 Å². The molecule has 0 aliphatic rings. The maximum atomic E-state index is 12.8. The van der Waals surface area contributed by atoms with E-state index in [-0.39, 0.29) is 10.9 Å². The van der Waals surface area contributed by atoms with Crippen molar-refractivity contribution in [1.29, 1.82) is 0 Å². The normalized spacial score (nSPS) is 14.6. The first-order valence-corrected chi connectivity index (χ1v) is 7.83. The topological polar surface area (TPSA) is 75.3 Å². The number of hydrogen-bond acceptors (Lipinski definition) is 3. The van der Waals surface area contributed by atoms with Crippen LogP contribution in [-0.2, 0) is 14.8 Å². The van der Waals surface area contributed by atoms with Gasteiger partial charge in [0, 0.05) is 6.04 Å². The van der Waals surface area contributed by atoms with Crippen LogP contribution in [0, 0.1) is 5.82 Å². The molecule has 112 valence electrons. The van der Waals surface area contributed by atoms with Crippen molar-refractivity contribution in [3.8, 4) is 0 Å². The summed E-state index contributed by atoms with van der Waals surface area (Å²) in [4.78, 5) is 11.7. The Hall–Kier alpha value is -1.47. The fourth-order valence-corrected chi connectivity index (χ4v) is 2.64. The predicted octanol–water partition coefficient (Wildman–Crippen LogP) is 1.41. The zero-order valence-corrected chi connectivity index (χ0v) is 12.5. The summed E-state index contributed by atoms with van der Waals surface area (Å²) in [6.07, 6.45) is 0.753. The van der Waals surface area contributed by atoms with E-state index in [1.807, 2.05) is 13.8 Å². The van der Waals surface area contributed by atoms with Crippen LogP contribution in [0.4, 0.5) is 4.39 Å². The van der Waals surface area contributed by atoms with Crippen molar-refractivity contribution in [3.05, 3.63) is 30.1 Å². The van der Waals surface area contributed by atoms with Gasteiger partial charge in [0.2, 0.25) is 15.9 Å². The van der Waals surface area contributed by atoms with Crippen LogP contribution in [0.25, 0.3) is 0 Å². The molecule has 2 N–H and O–H groups in total. The molecule has 1 rings (SSSR count). The summed E-state index contributed by atoms with van der Waals surface area (Å²) in [5.74, 6) is -0.920. The zero-order chi connectivity index (χ0) is 15.3. The second-order valence-corrected chi connectivity index (χ2v) is 6.33. The Bertz CT molecular complexity index is 557. The summed E-state index contributed by atoms with van der Waals surface area (Å²) in [7, 11) is -3.84. The van der Waals surface area contributed by atoms with Crippen molar-refractivity contribution in [1.82, 2.24) is 10.0 Å². The van der Waals surface area contributed by atoms with Crippen LogP contribution in [0.1, 0.15) is 27.2 Å². The molecule has 2 atom stereocenters. The van der Waals surface area contributed by atoms with Crippen molar-refractivity contribution < 1.29 is 17.6 Å². The van der Waals surface area contributed by atoms with Gasteiger partial charge in [-0.15, -0.1) is 0 Å². The molecular weight excluding hydrogens is 283 g/mol. The van der Waals surface area contributed by atoms with Gasteiger partial charge in [0.05, 0.1) is 10.9 Å². The third kappa shape index (κ3) is 4.57. The molecule has 0 spiro atoms. The molecule has 0 fully saturated rings. The second kappa shape index (κ2) is 6.81. The lowest BCUT2D eigenvalue weighted by molar-refractivity contribution is -0.122. The van der Waals surface area contributed by atoms with E-state index in [1.54, 1.807) is 0 Å². The number of amides is 1. The van der Waals surface area contributed by atoms with Crippen LogP contribution in [-0.4, -0.2) is 26.4 Å². The number of halogens is 1. The Labute approximate surface area is 118 Å². The third-order valence-corrected chi connectivity index (χ3v) is 4.41. The molecule has 0 aliphatic heterocycles. The van der Waals surface area contributed by atoms with Crippen molar-refractivity contribution in [2.24, 2.45) is 0 Å². The summed E-state index contributed by atoms with van der Waals surface area (Å²) in [6, 6.07) is 3.48. The lowest BCUT2D eigenvalue weighted by atomic mass is 10.2. The van der Waals surface area contributed by atoms with Gasteiger partial charge in [-0.05, 0) is 44.5 Å². The molecule has 0 unspecified atom stereocenters. The van der Waals surface area contributed by atoms with Gasteiger partial charge in [0.1, 0.15) is 5.82 Å². The SMILES string of the molecule is CC[C@@H](C)NC(=O)[C@H](C)NS(=O)(=O)c1ccc(F)cc1. The number of benzene rings is 1. The molecule has 0 bridgehead atoms. The molecule has 7 heteroatoms. The van der Waals surface area contributed by atoms with Gasteiger partial charge >= 0.3 is 0 Å². The Morgan fingerprint density at radius 2 is 1.80 bits per heavy atom. The van der Waals surface area contributed by atoms with Gasteiger partial charge in [-0.3, -0.25) is 4.79 Å². The Balaban J connectivity index is 2.75. The van der Waals surface area contributed by atoms with Gasteiger partial charge in [-0.2, -0.15) is 4.72 Å². The average molecular weight is 302 g/mol. The van der Waals surface area contributed by atoms with Crippen molar-refractivity contribution >= 4 is 15.9 Å². The van der Waals surface area contributed by atoms with Crippen molar-refractivity contribution in [2.75, 3.05) is 0 Å². The number of carbonyl (C=O) groups excluding carboxylic acids is 1. The van der Waals surface area contributed by atoms with Gasteiger partial charge in [0.15, 0.2) is 0 Å². The highest BCUT2D eigenvalue weighted by Gasteiger charge is 2.22. The molecule has 0 saturated heterocycles. The molecule has 0 aromatic heterocycles. The highest BCUT2D eigenvalue weighted by molar-refractivity contribution is 7.89. The van der Waals surface area contributed by atoms with Crippen molar-refractivity contribution in [3.63, 3.8) is 0 Å². The molecule has 0 aliphatic carbocycles. The van der Waals surface area contributed by atoms with Crippen LogP contribution in [0.3, 0.4) is 0 Å². The molecule has 0 radical (unpaired) electrons. The Morgan fingerprint density at radius 3 is 2.30 bits per heavy atom. The average Bonchev–Trinajstić information content (AvgIpc) is 2.38. The van der Waals surface area contributed by atoms with E-state index in [1.165, 1.54) is 6.92 Å². The maximum Gasteiger partial charge on any atom is 0.241 e. The maximum absolute atomic E-state index is 12.8. The molecule has 5 nitrogen and oxygen atoms in total. The molecule has 1 amide bonds. The van der Waals surface area contributed by atoms with E-state index in [4.69, 9.17) is 0 Å². The highest BCUT2D eigenvalue weighted by Crippen LogP contribution is 2.10. The van der Waals surface area contributed by atoms with E-state index in [9.17, 15) is 17.6 Å². The third-order valence-electron chi connectivity index (χ3n) is 2.85. The van der Waals surface area contributed by atoms with Gasteiger partial charge in [0.25, 0.3) is 0 Å². The zero-order valence-electron chi connectivity index (χ0n) is 11.7. The first-order valence-electron chi connectivity index (χ1n) is 6.34. The standard InChI is InChI=1S/C13H19FN2O3S/c1-4-9(2)15-13(17)10(3)16-20(18,19)12-7-5-11(14)6-8-12/h5-10,16H,4H2,1-3H3,(H,15,17)/t9-,10+/m1/s1. The monoisotopic (exact) mass is 302 g/mol. The lowest BCUT2D eigenvalue weighted by Gasteiger charge is -2.17. The summed E-state index contributed by atoms with van der Waals surface area (Å²) >= 11 is 0. The fraction of sp³-hybridized carbons (Fsp3) is 0.462. The lowest BCUT2D eigenvalue weighted by Crippen LogP contribution is -2.47. The summed E-state index contributed by atoms with van der Waals surface area (Å²) < 4.78 is 39.0. The van der Waals surface area contributed by atoms with E-state index in [0.29, 0.717) is 0 Å². The fourth-order valence-electron chi connectivity index (χ4n) is 1.44. The minimum atomic E-state index is -3.84. The summed E-state index contributed by atoms with van der Waals surface area (Å²) in [5, 5.41) is 2.69. The van der Waals surface area contributed by atoms with Gasteiger partial charge < -0.3 is 5.32 Å². The smallest absolute Gasteiger partial charge is 0.241 e. The molecular formula is C13H19FN2O3S. The highest BCUT2D eigenvalue weighted by atomic mass is 32.2. The number of rotatable bonds is 6. The molecule has 0 heterocycles. The molecule has 1 aromatic rings. The molecule has 20 heavy (non-hydrogen) atoms. The number of nitrogens with one attached hydrogen (secondary N) is 2. The minimum Gasteiger partial charge on any atom is -0.352 e. The minimum absolute atomic E-state index is 0.0275. The molecule has 0 saturated carbocycles. The van der Waals surface area contributed by atoms with E-state index in [0.717, 1.165) is 30.7 Å². The second-order valence-electron chi connectivity index (χ2n) is 4.61. The van der Waals surface area contributed by atoms with Crippen LogP contribution in [0.5, 0.6) is 0 Å². The molecule has 1 aromatic carbocycles. The van der Waals surface area contributed by atoms with Crippen LogP contribution in [0.2, 0.25) is 0 Å². The van der Waals surface area contributed by atoms with Crippen LogP contribution in [0.15, 0.2) is 29.2 Å².